The molecule has 1 saturated carbocycles. The number of hydrogen-bond acceptors (Lipinski definition) is 4. The molecule has 88 valence electrons. The van der Waals surface area contributed by atoms with E-state index in [1.807, 2.05) is 0 Å². The first-order valence-electron chi connectivity index (χ1n) is 5.66. The van der Waals surface area contributed by atoms with Crippen LogP contribution in [0.5, 0.6) is 5.88 Å². The van der Waals surface area contributed by atoms with Crippen LogP contribution in [0, 0.1) is 5.92 Å². The predicted octanol–water partition coefficient (Wildman–Crippen LogP) is 2.67. The molecular weight excluding hydrogens is 226 g/mol. The summed E-state index contributed by atoms with van der Waals surface area (Å²) in [6.45, 7) is 0.677. The van der Waals surface area contributed by atoms with Gasteiger partial charge < -0.3 is 10.5 Å². The fourth-order valence-electron chi connectivity index (χ4n) is 2.02. The Hall–Kier alpha value is -1.03. The maximum atomic E-state index is 5.91. The van der Waals surface area contributed by atoms with Gasteiger partial charge in [0.15, 0.2) is 0 Å². The van der Waals surface area contributed by atoms with Crippen molar-refractivity contribution >= 4 is 17.5 Å². The van der Waals surface area contributed by atoms with Crippen molar-refractivity contribution in [3.63, 3.8) is 0 Å². The molecule has 0 saturated heterocycles. The van der Waals surface area contributed by atoms with Gasteiger partial charge in [0.1, 0.15) is 5.02 Å². The third kappa shape index (κ3) is 2.98. The second-order valence-corrected chi connectivity index (χ2v) is 4.60. The van der Waals surface area contributed by atoms with Gasteiger partial charge in [0.05, 0.1) is 12.8 Å². The van der Waals surface area contributed by atoms with Crippen LogP contribution in [0.4, 0.5) is 5.95 Å². The Kier molecular flexibility index (Phi) is 3.83. The SMILES string of the molecule is Nc1ncc(Cl)c(OCC2CCCCC2)n1. The summed E-state index contributed by atoms with van der Waals surface area (Å²) >= 11 is 5.91. The molecule has 1 aromatic rings. The minimum absolute atomic E-state index is 0.197. The van der Waals surface area contributed by atoms with Crippen LogP contribution in [0.3, 0.4) is 0 Å². The van der Waals surface area contributed by atoms with Gasteiger partial charge in [-0.15, -0.1) is 0 Å². The monoisotopic (exact) mass is 241 g/mol. The molecule has 0 aromatic carbocycles. The molecule has 0 amide bonds. The molecule has 5 heteroatoms. The fourth-order valence-corrected chi connectivity index (χ4v) is 2.16. The number of nitrogens with zero attached hydrogens (tertiary/aromatic N) is 2. The molecule has 1 fully saturated rings. The van der Waals surface area contributed by atoms with Gasteiger partial charge in [-0.2, -0.15) is 4.98 Å². The molecule has 1 aliphatic rings. The molecule has 1 aliphatic carbocycles. The highest BCUT2D eigenvalue weighted by molar-refractivity contribution is 6.31. The van der Waals surface area contributed by atoms with Crippen molar-refractivity contribution in [1.82, 2.24) is 9.97 Å². The Labute approximate surface area is 100 Å². The Morgan fingerprint density at radius 2 is 2.12 bits per heavy atom. The fraction of sp³-hybridized carbons (Fsp3) is 0.636. The second kappa shape index (κ2) is 5.34. The number of anilines is 1. The zero-order chi connectivity index (χ0) is 11.4. The molecule has 0 unspecified atom stereocenters. The van der Waals surface area contributed by atoms with Gasteiger partial charge in [-0.25, -0.2) is 4.98 Å². The summed E-state index contributed by atoms with van der Waals surface area (Å²) in [5.41, 5.74) is 5.48. The molecule has 0 spiro atoms. The van der Waals surface area contributed by atoms with Crippen LogP contribution >= 0.6 is 11.6 Å². The summed E-state index contributed by atoms with van der Waals surface area (Å²) in [4.78, 5) is 7.76. The van der Waals surface area contributed by atoms with Crippen molar-refractivity contribution in [3.8, 4) is 5.88 Å². The lowest BCUT2D eigenvalue weighted by Gasteiger charge is -2.21. The number of aromatic nitrogens is 2. The zero-order valence-corrected chi connectivity index (χ0v) is 9.91. The van der Waals surface area contributed by atoms with Gasteiger partial charge in [0.25, 0.3) is 0 Å². The van der Waals surface area contributed by atoms with E-state index in [-0.39, 0.29) is 5.95 Å². The highest BCUT2D eigenvalue weighted by Crippen LogP contribution is 2.26. The number of ether oxygens (including phenoxy) is 1. The molecule has 4 nitrogen and oxygen atoms in total. The summed E-state index contributed by atoms with van der Waals surface area (Å²) < 4.78 is 5.59. The number of hydrogen-bond donors (Lipinski definition) is 1. The maximum Gasteiger partial charge on any atom is 0.237 e. The van der Waals surface area contributed by atoms with E-state index in [0.717, 1.165) is 0 Å². The van der Waals surface area contributed by atoms with Crippen molar-refractivity contribution in [1.29, 1.82) is 0 Å². The normalized spacial score (nSPS) is 17.3. The largest absolute Gasteiger partial charge is 0.476 e. The highest BCUT2D eigenvalue weighted by Gasteiger charge is 2.15. The van der Waals surface area contributed by atoms with Crippen LogP contribution in [0.25, 0.3) is 0 Å². The molecule has 2 N–H and O–H groups in total. The van der Waals surface area contributed by atoms with Gasteiger partial charge in [0, 0.05) is 0 Å². The van der Waals surface area contributed by atoms with E-state index in [4.69, 9.17) is 22.1 Å². The first-order valence-corrected chi connectivity index (χ1v) is 6.04. The van der Waals surface area contributed by atoms with Gasteiger partial charge in [-0.05, 0) is 18.8 Å². The van der Waals surface area contributed by atoms with E-state index in [1.54, 1.807) is 0 Å². The zero-order valence-electron chi connectivity index (χ0n) is 9.16. The Balaban J connectivity index is 1.90. The van der Waals surface area contributed by atoms with Crippen LogP contribution in [-0.2, 0) is 0 Å². The Morgan fingerprint density at radius 3 is 2.88 bits per heavy atom. The molecule has 1 aromatic heterocycles. The maximum absolute atomic E-state index is 5.91. The van der Waals surface area contributed by atoms with Crippen molar-refractivity contribution in [2.24, 2.45) is 5.92 Å². The molecule has 0 radical (unpaired) electrons. The average molecular weight is 242 g/mol. The van der Waals surface area contributed by atoms with E-state index in [0.29, 0.717) is 23.4 Å². The van der Waals surface area contributed by atoms with E-state index < -0.39 is 0 Å². The quantitative estimate of drug-likeness (QED) is 0.884. The van der Waals surface area contributed by atoms with Crippen LogP contribution in [0.2, 0.25) is 5.02 Å². The standard InChI is InChI=1S/C11H16ClN3O/c12-9-6-14-11(13)15-10(9)16-7-8-4-2-1-3-5-8/h6,8H,1-5,7H2,(H2,13,14,15). The molecule has 1 heterocycles. The van der Waals surface area contributed by atoms with E-state index >= 15 is 0 Å². The lowest BCUT2D eigenvalue weighted by atomic mass is 9.90. The van der Waals surface area contributed by atoms with Crippen LogP contribution in [0.15, 0.2) is 6.20 Å². The first kappa shape index (κ1) is 11.5. The number of nitrogens with two attached hydrogens (primary N) is 1. The highest BCUT2D eigenvalue weighted by atomic mass is 35.5. The first-order chi connectivity index (χ1) is 7.75. The Morgan fingerprint density at radius 1 is 1.38 bits per heavy atom. The molecule has 16 heavy (non-hydrogen) atoms. The topological polar surface area (TPSA) is 61.0 Å². The van der Waals surface area contributed by atoms with E-state index in [9.17, 15) is 0 Å². The Bertz CT molecular complexity index is 353. The van der Waals surface area contributed by atoms with Crippen molar-refractivity contribution in [2.75, 3.05) is 12.3 Å². The van der Waals surface area contributed by atoms with Gasteiger partial charge in [-0.3, -0.25) is 0 Å². The second-order valence-electron chi connectivity index (χ2n) is 4.20. The van der Waals surface area contributed by atoms with Crippen molar-refractivity contribution in [3.05, 3.63) is 11.2 Å². The summed E-state index contributed by atoms with van der Waals surface area (Å²) in [5, 5.41) is 0.421. The lowest BCUT2D eigenvalue weighted by Crippen LogP contribution is -2.16. The van der Waals surface area contributed by atoms with E-state index in [1.165, 1.54) is 38.3 Å². The summed E-state index contributed by atoms with van der Waals surface area (Å²) in [6.07, 6.45) is 7.88. The minimum atomic E-state index is 0.197. The third-order valence-electron chi connectivity index (χ3n) is 2.91. The van der Waals surface area contributed by atoms with Gasteiger partial charge in [-0.1, -0.05) is 30.9 Å². The summed E-state index contributed by atoms with van der Waals surface area (Å²) in [5.74, 6) is 1.23. The number of rotatable bonds is 3. The van der Waals surface area contributed by atoms with Crippen molar-refractivity contribution < 1.29 is 4.74 Å². The molecule has 0 aliphatic heterocycles. The van der Waals surface area contributed by atoms with Crippen molar-refractivity contribution in [2.45, 2.75) is 32.1 Å². The minimum Gasteiger partial charge on any atom is -0.476 e. The number of halogens is 1. The lowest BCUT2D eigenvalue weighted by molar-refractivity contribution is 0.203. The molecule has 0 bridgehead atoms. The summed E-state index contributed by atoms with van der Waals surface area (Å²) in [6, 6.07) is 0. The third-order valence-corrected chi connectivity index (χ3v) is 3.17. The van der Waals surface area contributed by atoms with Gasteiger partial charge >= 0.3 is 0 Å². The number of nitrogen functional groups attached to an aromatic ring is 1. The predicted molar refractivity (Wildman–Crippen MR) is 63.5 cm³/mol. The molecule has 0 atom stereocenters. The smallest absolute Gasteiger partial charge is 0.237 e. The average Bonchev–Trinajstić information content (AvgIpc) is 2.32. The van der Waals surface area contributed by atoms with Crippen LogP contribution < -0.4 is 10.5 Å². The van der Waals surface area contributed by atoms with Crippen LogP contribution in [-0.4, -0.2) is 16.6 Å². The summed E-state index contributed by atoms with van der Waals surface area (Å²) in [7, 11) is 0. The molecular formula is C11H16ClN3O. The van der Waals surface area contributed by atoms with E-state index in [2.05, 4.69) is 9.97 Å². The van der Waals surface area contributed by atoms with Crippen LogP contribution in [0.1, 0.15) is 32.1 Å². The molecule has 2 rings (SSSR count). The van der Waals surface area contributed by atoms with Gasteiger partial charge in [0.2, 0.25) is 11.8 Å².